The summed E-state index contributed by atoms with van der Waals surface area (Å²) in [4.78, 5) is 26.5. The van der Waals surface area contributed by atoms with Gasteiger partial charge in [-0.2, -0.15) is 0 Å². The topological polar surface area (TPSA) is 77.8 Å². The number of aliphatic hydroxyl groups is 2. The first kappa shape index (κ1) is 16.9. The van der Waals surface area contributed by atoms with Gasteiger partial charge in [0.25, 0.3) is 11.7 Å². The molecule has 1 fully saturated rings. The van der Waals surface area contributed by atoms with Crippen molar-refractivity contribution in [3.8, 4) is 0 Å². The van der Waals surface area contributed by atoms with Gasteiger partial charge in [0.05, 0.1) is 11.6 Å². The Labute approximate surface area is 145 Å². The van der Waals surface area contributed by atoms with Gasteiger partial charge in [-0.15, -0.1) is 0 Å². The van der Waals surface area contributed by atoms with Gasteiger partial charge >= 0.3 is 0 Å². The number of benzene rings is 2. The molecule has 128 valence electrons. The minimum Gasteiger partial charge on any atom is -0.507 e. The average Bonchev–Trinajstić information content (AvgIpc) is 2.91. The molecule has 0 radical (unpaired) electrons. The molecule has 5 heteroatoms. The van der Waals surface area contributed by atoms with E-state index in [0.29, 0.717) is 12.0 Å². The Balaban J connectivity index is 2.14. The van der Waals surface area contributed by atoms with Crippen molar-refractivity contribution in [2.45, 2.75) is 12.5 Å². The number of nitrogens with zero attached hydrogens (tertiary/aromatic N) is 1. The Bertz CT molecular complexity index is 799. The third-order valence-corrected chi connectivity index (χ3v) is 4.26. The van der Waals surface area contributed by atoms with Crippen molar-refractivity contribution in [1.29, 1.82) is 0 Å². The molecule has 2 N–H and O–H groups in total. The molecular formula is C20H19NO4. The third kappa shape index (κ3) is 3.19. The van der Waals surface area contributed by atoms with Gasteiger partial charge in [-0.05, 0) is 12.0 Å². The van der Waals surface area contributed by atoms with Crippen LogP contribution in [0.2, 0.25) is 0 Å². The molecule has 5 nitrogen and oxygen atoms in total. The summed E-state index contributed by atoms with van der Waals surface area (Å²) in [6.07, 6.45) is 0.363. The van der Waals surface area contributed by atoms with Crippen LogP contribution in [0, 0.1) is 0 Å². The number of ketones is 1. The Hall–Kier alpha value is -2.92. The molecule has 1 unspecified atom stereocenters. The number of hydrogen-bond acceptors (Lipinski definition) is 4. The fourth-order valence-electron chi connectivity index (χ4n) is 3.09. The van der Waals surface area contributed by atoms with Crippen LogP contribution in [-0.2, 0) is 9.59 Å². The predicted octanol–water partition coefficient (Wildman–Crippen LogP) is 2.49. The second kappa shape index (κ2) is 7.32. The summed E-state index contributed by atoms with van der Waals surface area (Å²) in [6.45, 7) is 0.162. The molecule has 0 aliphatic carbocycles. The minimum atomic E-state index is -0.701. The van der Waals surface area contributed by atoms with E-state index < -0.39 is 17.7 Å². The lowest BCUT2D eigenvalue weighted by Gasteiger charge is -2.25. The lowest BCUT2D eigenvalue weighted by atomic mass is 9.95. The molecule has 0 saturated carbocycles. The number of carbonyl (C=O) groups excluding carboxylic acids is 2. The van der Waals surface area contributed by atoms with Gasteiger partial charge in [0.1, 0.15) is 5.76 Å². The molecule has 25 heavy (non-hydrogen) atoms. The standard InChI is InChI=1S/C20H19NO4/c22-13-7-12-21-17(14-8-3-1-4-9-14)16(19(24)20(21)25)18(23)15-10-5-2-6-11-15/h1-6,8-11,17,22-23H,7,12-13H2/b18-16-. The number of Topliss-reactive ketones (excluding diaryl/α,β-unsaturated/α-hetero) is 1. The highest BCUT2D eigenvalue weighted by molar-refractivity contribution is 6.46. The number of hydrogen-bond donors (Lipinski definition) is 2. The molecule has 3 rings (SSSR count). The van der Waals surface area contributed by atoms with Crippen molar-refractivity contribution in [2.75, 3.05) is 13.2 Å². The first-order valence-electron chi connectivity index (χ1n) is 8.14. The van der Waals surface area contributed by atoms with E-state index in [-0.39, 0.29) is 24.5 Å². The highest BCUT2D eigenvalue weighted by Gasteiger charge is 2.45. The first-order valence-corrected chi connectivity index (χ1v) is 8.14. The molecule has 0 bridgehead atoms. The van der Waals surface area contributed by atoms with Crippen LogP contribution in [0.4, 0.5) is 0 Å². The maximum absolute atomic E-state index is 12.6. The Kier molecular flexibility index (Phi) is 4.95. The second-order valence-electron chi connectivity index (χ2n) is 5.85. The Morgan fingerprint density at radius 2 is 1.56 bits per heavy atom. The van der Waals surface area contributed by atoms with E-state index >= 15 is 0 Å². The molecule has 1 heterocycles. The average molecular weight is 337 g/mol. The van der Waals surface area contributed by atoms with Gasteiger partial charge in [0.15, 0.2) is 0 Å². The van der Waals surface area contributed by atoms with Crippen LogP contribution in [0.15, 0.2) is 66.2 Å². The van der Waals surface area contributed by atoms with Crippen LogP contribution in [0.1, 0.15) is 23.6 Å². The number of carbonyl (C=O) groups is 2. The molecule has 1 aliphatic rings. The van der Waals surface area contributed by atoms with Crippen LogP contribution in [-0.4, -0.2) is 40.0 Å². The molecule has 1 atom stereocenters. The van der Waals surface area contributed by atoms with E-state index in [1.807, 2.05) is 36.4 Å². The van der Waals surface area contributed by atoms with E-state index in [9.17, 15) is 14.7 Å². The van der Waals surface area contributed by atoms with Crippen molar-refractivity contribution in [2.24, 2.45) is 0 Å². The van der Waals surface area contributed by atoms with Gasteiger partial charge in [-0.1, -0.05) is 60.7 Å². The van der Waals surface area contributed by atoms with E-state index in [2.05, 4.69) is 0 Å². The summed E-state index contributed by atoms with van der Waals surface area (Å²) in [5.41, 5.74) is 1.32. The van der Waals surface area contributed by atoms with Crippen LogP contribution < -0.4 is 0 Å². The molecule has 1 aliphatic heterocycles. The summed E-state index contributed by atoms with van der Waals surface area (Å²) in [5.74, 6) is -1.53. The molecule has 0 aromatic heterocycles. The lowest BCUT2D eigenvalue weighted by molar-refractivity contribution is -0.140. The van der Waals surface area contributed by atoms with Crippen LogP contribution in [0.3, 0.4) is 0 Å². The minimum absolute atomic E-state index is 0.0802. The van der Waals surface area contributed by atoms with E-state index in [1.54, 1.807) is 24.3 Å². The number of likely N-dealkylation sites (tertiary alicyclic amines) is 1. The van der Waals surface area contributed by atoms with E-state index in [4.69, 9.17) is 5.11 Å². The Morgan fingerprint density at radius 3 is 2.16 bits per heavy atom. The van der Waals surface area contributed by atoms with Crippen molar-refractivity contribution in [3.05, 3.63) is 77.4 Å². The summed E-state index contributed by atoms with van der Waals surface area (Å²) in [5, 5.41) is 19.8. The zero-order valence-electron chi connectivity index (χ0n) is 13.6. The number of amides is 1. The molecule has 1 saturated heterocycles. The highest BCUT2D eigenvalue weighted by Crippen LogP contribution is 2.39. The molecular weight excluding hydrogens is 318 g/mol. The zero-order valence-corrected chi connectivity index (χ0v) is 13.6. The van der Waals surface area contributed by atoms with Crippen LogP contribution >= 0.6 is 0 Å². The Morgan fingerprint density at radius 1 is 0.960 bits per heavy atom. The van der Waals surface area contributed by atoms with Crippen molar-refractivity contribution < 1.29 is 19.8 Å². The van der Waals surface area contributed by atoms with Gasteiger partial charge < -0.3 is 15.1 Å². The van der Waals surface area contributed by atoms with Gasteiger partial charge in [-0.25, -0.2) is 0 Å². The monoisotopic (exact) mass is 337 g/mol. The van der Waals surface area contributed by atoms with Crippen molar-refractivity contribution >= 4 is 17.4 Å². The van der Waals surface area contributed by atoms with Gasteiger partial charge in [0.2, 0.25) is 0 Å². The fourth-order valence-corrected chi connectivity index (χ4v) is 3.09. The van der Waals surface area contributed by atoms with Gasteiger partial charge in [0, 0.05) is 18.7 Å². The zero-order chi connectivity index (χ0) is 17.8. The first-order chi connectivity index (χ1) is 12.1. The predicted molar refractivity (Wildman–Crippen MR) is 93.6 cm³/mol. The number of rotatable bonds is 5. The molecule has 0 spiro atoms. The van der Waals surface area contributed by atoms with E-state index in [0.717, 1.165) is 5.56 Å². The smallest absolute Gasteiger partial charge is 0.295 e. The van der Waals surface area contributed by atoms with Crippen molar-refractivity contribution in [1.82, 2.24) is 4.90 Å². The molecule has 2 aromatic carbocycles. The lowest BCUT2D eigenvalue weighted by Crippen LogP contribution is -2.31. The van der Waals surface area contributed by atoms with Crippen LogP contribution in [0.25, 0.3) is 5.76 Å². The maximum atomic E-state index is 12.6. The summed E-state index contributed by atoms with van der Waals surface area (Å²) < 4.78 is 0. The highest BCUT2D eigenvalue weighted by atomic mass is 16.3. The quantitative estimate of drug-likeness (QED) is 0.499. The third-order valence-electron chi connectivity index (χ3n) is 4.26. The SMILES string of the molecule is O=C1C(=O)N(CCCO)C(c2ccccc2)/C1=C(/O)c1ccccc1. The van der Waals surface area contributed by atoms with Gasteiger partial charge in [-0.3, -0.25) is 9.59 Å². The largest absolute Gasteiger partial charge is 0.507 e. The normalized spacial score (nSPS) is 19.4. The molecule has 2 aromatic rings. The summed E-state index contributed by atoms with van der Waals surface area (Å²) in [7, 11) is 0. The maximum Gasteiger partial charge on any atom is 0.295 e. The van der Waals surface area contributed by atoms with Crippen LogP contribution in [0.5, 0.6) is 0 Å². The summed E-state index contributed by atoms with van der Waals surface area (Å²) >= 11 is 0. The second-order valence-corrected chi connectivity index (χ2v) is 5.85. The van der Waals surface area contributed by atoms with Crippen molar-refractivity contribution in [3.63, 3.8) is 0 Å². The summed E-state index contributed by atoms with van der Waals surface area (Å²) in [6, 6.07) is 17.2. The molecule has 1 amide bonds. The fraction of sp³-hybridized carbons (Fsp3) is 0.200. The number of aliphatic hydroxyl groups excluding tert-OH is 2. The van der Waals surface area contributed by atoms with E-state index in [1.165, 1.54) is 4.90 Å².